The highest BCUT2D eigenvalue weighted by Gasteiger charge is 2.11. The van der Waals surface area contributed by atoms with E-state index >= 15 is 0 Å². The Morgan fingerprint density at radius 3 is 2.76 bits per heavy atom. The third-order valence-corrected chi connectivity index (χ3v) is 2.59. The van der Waals surface area contributed by atoms with Crippen molar-refractivity contribution < 1.29 is 4.74 Å². The van der Waals surface area contributed by atoms with Crippen molar-refractivity contribution in [3.05, 3.63) is 30.4 Å². The molecule has 17 heavy (non-hydrogen) atoms. The van der Waals surface area contributed by atoms with Crippen LogP contribution in [0.1, 0.15) is 25.6 Å². The maximum absolute atomic E-state index is 5.79. The summed E-state index contributed by atoms with van der Waals surface area (Å²) in [5.41, 5.74) is 7.36. The van der Waals surface area contributed by atoms with Crippen LogP contribution in [-0.4, -0.2) is 21.9 Å². The predicted molar refractivity (Wildman–Crippen MR) is 66.4 cm³/mol. The van der Waals surface area contributed by atoms with Crippen LogP contribution in [-0.2, 0) is 0 Å². The fraction of sp³-hybridized carbons (Fsp3) is 0.333. The highest BCUT2D eigenvalue weighted by molar-refractivity contribution is 5.57. The first-order chi connectivity index (χ1) is 8.13. The highest BCUT2D eigenvalue weighted by atomic mass is 16.5. The average Bonchev–Trinajstić information content (AvgIpc) is 2.78. The summed E-state index contributed by atoms with van der Waals surface area (Å²) in [6.07, 6.45) is 1.69. The molecule has 0 fully saturated rings. The summed E-state index contributed by atoms with van der Waals surface area (Å²) in [5.74, 6) is 1.88. The van der Waals surface area contributed by atoms with Gasteiger partial charge in [-0.2, -0.15) is 0 Å². The number of anilines is 1. The molecule has 1 aromatic heterocycles. The molecule has 0 saturated carbocycles. The second kappa shape index (κ2) is 4.45. The number of hydrogen-bond donors (Lipinski definition) is 1. The normalized spacial score (nSPS) is 10.8. The van der Waals surface area contributed by atoms with E-state index in [1.807, 2.05) is 22.8 Å². The molecule has 0 atom stereocenters. The monoisotopic (exact) mass is 232 g/mol. The molecule has 5 heteroatoms. The topological polar surface area (TPSA) is 66.0 Å². The summed E-state index contributed by atoms with van der Waals surface area (Å²) >= 11 is 0. The van der Waals surface area contributed by atoms with Crippen molar-refractivity contribution in [3.63, 3.8) is 0 Å². The summed E-state index contributed by atoms with van der Waals surface area (Å²) in [7, 11) is 1.60. The smallest absolute Gasteiger partial charge is 0.143 e. The fourth-order valence-corrected chi connectivity index (χ4v) is 1.69. The van der Waals surface area contributed by atoms with Crippen LogP contribution in [0.4, 0.5) is 5.69 Å². The van der Waals surface area contributed by atoms with E-state index in [-0.39, 0.29) is 0 Å². The minimum atomic E-state index is 0.307. The first-order valence-electron chi connectivity index (χ1n) is 5.47. The van der Waals surface area contributed by atoms with Gasteiger partial charge in [-0.3, -0.25) is 4.57 Å². The summed E-state index contributed by atoms with van der Waals surface area (Å²) in [6, 6.07) is 5.62. The first-order valence-corrected chi connectivity index (χ1v) is 5.47. The number of hydrogen-bond acceptors (Lipinski definition) is 4. The number of benzene rings is 1. The number of aromatic nitrogens is 3. The average molecular weight is 232 g/mol. The lowest BCUT2D eigenvalue weighted by molar-refractivity contribution is 0.416. The molecule has 0 aliphatic rings. The van der Waals surface area contributed by atoms with Crippen molar-refractivity contribution in [1.82, 2.24) is 14.8 Å². The molecule has 2 aromatic rings. The molecule has 5 nitrogen and oxygen atoms in total. The van der Waals surface area contributed by atoms with Crippen molar-refractivity contribution in [2.75, 3.05) is 12.8 Å². The van der Waals surface area contributed by atoms with E-state index in [0.29, 0.717) is 17.4 Å². The zero-order chi connectivity index (χ0) is 12.4. The number of ether oxygens (including phenoxy) is 1. The van der Waals surface area contributed by atoms with Gasteiger partial charge in [0.2, 0.25) is 0 Å². The van der Waals surface area contributed by atoms with Crippen molar-refractivity contribution in [2.24, 2.45) is 0 Å². The lowest BCUT2D eigenvalue weighted by Gasteiger charge is -2.11. The molecule has 0 spiro atoms. The van der Waals surface area contributed by atoms with Crippen molar-refractivity contribution in [1.29, 1.82) is 0 Å². The summed E-state index contributed by atoms with van der Waals surface area (Å²) in [4.78, 5) is 0. The summed E-state index contributed by atoms with van der Waals surface area (Å²) < 4.78 is 7.14. The molecular weight excluding hydrogens is 216 g/mol. The third kappa shape index (κ3) is 2.08. The standard InChI is InChI=1S/C12H16N4O/c1-8(2)12-15-14-7-16(12)9-4-5-10(13)11(6-9)17-3/h4-8H,13H2,1-3H3. The number of nitrogens with two attached hydrogens (primary N) is 1. The van der Waals surface area contributed by atoms with Crippen LogP contribution in [0.3, 0.4) is 0 Å². The van der Waals surface area contributed by atoms with Crippen LogP contribution in [0.15, 0.2) is 24.5 Å². The van der Waals surface area contributed by atoms with E-state index in [4.69, 9.17) is 10.5 Å². The minimum Gasteiger partial charge on any atom is -0.495 e. The van der Waals surface area contributed by atoms with Crippen molar-refractivity contribution in [3.8, 4) is 11.4 Å². The Labute approximate surface area is 100 Å². The number of rotatable bonds is 3. The molecule has 0 amide bonds. The quantitative estimate of drug-likeness (QED) is 0.822. The van der Waals surface area contributed by atoms with Gasteiger partial charge in [-0.05, 0) is 12.1 Å². The van der Waals surface area contributed by atoms with Crippen LogP contribution >= 0.6 is 0 Å². The highest BCUT2D eigenvalue weighted by Crippen LogP contribution is 2.25. The van der Waals surface area contributed by atoms with Crippen LogP contribution in [0.2, 0.25) is 0 Å². The summed E-state index contributed by atoms with van der Waals surface area (Å²) in [5, 5.41) is 8.05. The third-order valence-electron chi connectivity index (χ3n) is 2.59. The Hall–Kier alpha value is -2.04. The van der Waals surface area contributed by atoms with Gasteiger partial charge in [0.15, 0.2) is 0 Å². The molecule has 0 unspecified atom stereocenters. The zero-order valence-electron chi connectivity index (χ0n) is 10.2. The van der Waals surface area contributed by atoms with E-state index in [9.17, 15) is 0 Å². The Morgan fingerprint density at radius 1 is 1.35 bits per heavy atom. The van der Waals surface area contributed by atoms with Gasteiger partial charge in [-0.25, -0.2) is 0 Å². The second-order valence-corrected chi connectivity index (χ2v) is 4.14. The van der Waals surface area contributed by atoms with Crippen LogP contribution in [0.25, 0.3) is 5.69 Å². The molecule has 2 N–H and O–H groups in total. The summed E-state index contributed by atoms with van der Waals surface area (Å²) in [6.45, 7) is 4.16. The van der Waals surface area contributed by atoms with E-state index in [0.717, 1.165) is 11.5 Å². The Morgan fingerprint density at radius 2 is 2.12 bits per heavy atom. The van der Waals surface area contributed by atoms with Gasteiger partial charge >= 0.3 is 0 Å². The molecule has 0 bridgehead atoms. The fourth-order valence-electron chi connectivity index (χ4n) is 1.69. The number of nitrogens with zero attached hydrogens (tertiary/aromatic N) is 3. The van der Waals surface area contributed by atoms with E-state index in [1.54, 1.807) is 13.4 Å². The lowest BCUT2D eigenvalue weighted by Crippen LogP contribution is -2.03. The molecule has 0 radical (unpaired) electrons. The SMILES string of the molecule is COc1cc(-n2cnnc2C(C)C)ccc1N. The maximum Gasteiger partial charge on any atom is 0.143 e. The van der Waals surface area contributed by atoms with Gasteiger partial charge in [0.25, 0.3) is 0 Å². The van der Waals surface area contributed by atoms with Gasteiger partial charge < -0.3 is 10.5 Å². The van der Waals surface area contributed by atoms with Gasteiger partial charge in [0.05, 0.1) is 18.5 Å². The Bertz CT molecular complexity index is 519. The number of methoxy groups -OCH3 is 1. The van der Waals surface area contributed by atoms with E-state index in [2.05, 4.69) is 24.0 Å². The first kappa shape index (κ1) is 11.4. The molecular formula is C12H16N4O. The zero-order valence-corrected chi connectivity index (χ0v) is 10.2. The van der Waals surface area contributed by atoms with Crippen LogP contribution < -0.4 is 10.5 Å². The molecule has 0 aliphatic carbocycles. The maximum atomic E-state index is 5.79. The lowest BCUT2D eigenvalue weighted by atomic mass is 10.2. The minimum absolute atomic E-state index is 0.307. The van der Waals surface area contributed by atoms with Gasteiger partial charge in [-0.1, -0.05) is 13.8 Å². The Balaban J connectivity index is 2.49. The van der Waals surface area contributed by atoms with E-state index in [1.165, 1.54) is 0 Å². The van der Waals surface area contributed by atoms with Gasteiger partial charge in [0.1, 0.15) is 17.9 Å². The second-order valence-electron chi connectivity index (χ2n) is 4.14. The molecule has 1 heterocycles. The van der Waals surface area contributed by atoms with Gasteiger partial charge in [-0.15, -0.1) is 10.2 Å². The molecule has 90 valence electrons. The van der Waals surface area contributed by atoms with Crippen LogP contribution in [0.5, 0.6) is 5.75 Å². The predicted octanol–water partition coefficient (Wildman–Crippen LogP) is 1.98. The molecule has 0 aliphatic heterocycles. The van der Waals surface area contributed by atoms with Crippen LogP contribution in [0, 0.1) is 0 Å². The largest absolute Gasteiger partial charge is 0.495 e. The van der Waals surface area contributed by atoms with E-state index < -0.39 is 0 Å². The van der Waals surface area contributed by atoms with Crippen molar-refractivity contribution in [2.45, 2.75) is 19.8 Å². The van der Waals surface area contributed by atoms with Crippen molar-refractivity contribution >= 4 is 5.69 Å². The molecule has 2 rings (SSSR count). The number of nitrogen functional groups attached to an aromatic ring is 1. The molecule has 0 saturated heterocycles. The Kier molecular flexibility index (Phi) is 2.99. The van der Waals surface area contributed by atoms with Gasteiger partial charge in [0, 0.05) is 12.0 Å². The molecule has 1 aromatic carbocycles.